The minimum absolute atomic E-state index is 0.640. The van der Waals surface area contributed by atoms with Crippen LogP contribution in [0, 0.1) is 0 Å². The van der Waals surface area contributed by atoms with E-state index in [4.69, 9.17) is 23.2 Å². The summed E-state index contributed by atoms with van der Waals surface area (Å²) in [5.74, 6) is 0. The Morgan fingerprint density at radius 2 is 2.11 bits per heavy atom. The zero-order valence-electron chi connectivity index (χ0n) is 9.48. The van der Waals surface area contributed by atoms with E-state index in [2.05, 4.69) is 26.6 Å². The quantitative estimate of drug-likeness (QED) is 0.672. The van der Waals surface area contributed by atoms with Gasteiger partial charge in [0.1, 0.15) is 0 Å². The average Bonchev–Trinajstić information content (AvgIpc) is 2.34. The molecule has 0 saturated heterocycles. The van der Waals surface area contributed by atoms with Crippen LogP contribution in [0.2, 0.25) is 10.0 Å². The molecule has 1 heterocycles. The van der Waals surface area contributed by atoms with Crippen molar-refractivity contribution in [3.8, 4) is 0 Å². The average molecular weight is 344 g/mol. The summed E-state index contributed by atoms with van der Waals surface area (Å²) in [7, 11) is 0. The molecule has 4 heteroatoms. The summed E-state index contributed by atoms with van der Waals surface area (Å²) in [5.41, 5.74) is 0.931. The minimum atomic E-state index is 0.640. The van der Waals surface area contributed by atoms with Gasteiger partial charge >= 0.3 is 0 Å². The van der Waals surface area contributed by atoms with E-state index in [1.54, 1.807) is 6.07 Å². The van der Waals surface area contributed by atoms with Crippen LogP contribution < -0.4 is 0 Å². The van der Waals surface area contributed by atoms with Crippen LogP contribution in [0.15, 0.2) is 47.1 Å². The third-order valence-electron chi connectivity index (χ3n) is 2.39. The topological polar surface area (TPSA) is 3.01 Å². The molecule has 0 aromatic heterocycles. The highest BCUT2D eigenvalue weighted by Gasteiger charge is 2.03. The van der Waals surface area contributed by atoms with Crippen LogP contribution in [0.5, 0.6) is 0 Å². The Labute approximate surface area is 125 Å². The Balaban J connectivity index is 2.22. The van der Waals surface area contributed by atoms with Crippen molar-refractivity contribution < 1.29 is 4.58 Å². The molecule has 1 aromatic carbocycles. The molecule has 0 atom stereocenters. The summed E-state index contributed by atoms with van der Waals surface area (Å²) in [5, 5.41) is 1.28. The van der Waals surface area contributed by atoms with Crippen LogP contribution in [-0.2, 0) is 0 Å². The van der Waals surface area contributed by atoms with Gasteiger partial charge in [-0.25, -0.2) is 4.58 Å². The van der Waals surface area contributed by atoms with Crippen molar-refractivity contribution in [2.75, 3.05) is 6.54 Å². The highest BCUT2D eigenvalue weighted by molar-refractivity contribution is 9.12. The summed E-state index contributed by atoms with van der Waals surface area (Å²) in [6.45, 7) is 0.869. The lowest BCUT2D eigenvalue weighted by molar-refractivity contribution is -0.440. The van der Waals surface area contributed by atoms with Crippen molar-refractivity contribution >= 4 is 51.4 Å². The largest absolute Gasteiger partial charge is 0.200 e. The van der Waals surface area contributed by atoms with Gasteiger partial charge in [0.15, 0.2) is 19.0 Å². The maximum atomic E-state index is 6.11. The van der Waals surface area contributed by atoms with Crippen molar-refractivity contribution in [1.29, 1.82) is 0 Å². The summed E-state index contributed by atoms with van der Waals surface area (Å²) in [6.07, 6.45) is 12.1. The SMILES string of the molecule is Clc1ccc(C=C(Br)C=[N+]2C=CC=CC2)c(Cl)c1. The third-order valence-corrected chi connectivity index (χ3v) is 3.38. The number of hydrogen-bond acceptors (Lipinski definition) is 0. The first kappa shape index (κ1) is 13.6. The Kier molecular flexibility index (Phi) is 4.81. The van der Waals surface area contributed by atoms with Crippen LogP contribution in [0.25, 0.3) is 6.08 Å². The molecule has 0 radical (unpaired) electrons. The fraction of sp³-hybridized carbons (Fsp3) is 0.0714. The van der Waals surface area contributed by atoms with Crippen molar-refractivity contribution in [2.24, 2.45) is 0 Å². The Bertz CT molecular complexity index is 571. The molecular formula is C14H11BrCl2N+. The second kappa shape index (κ2) is 6.37. The van der Waals surface area contributed by atoms with Crippen LogP contribution in [0.3, 0.4) is 0 Å². The van der Waals surface area contributed by atoms with Gasteiger partial charge in [-0.15, -0.1) is 0 Å². The summed E-state index contributed by atoms with van der Waals surface area (Å²) >= 11 is 15.5. The molecule has 1 aliphatic heterocycles. The molecule has 18 heavy (non-hydrogen) atoms. The lowest BCUT2D eigenvalue weighted by atomic mass is 10.2. The highest BCUT2D eigenvalue weighted by atomic mass is 79.9. The first-order valence-electron chi connectivity index (χ1n) is 5.41. The molecule has 0 unspecified atom stereocenters. The van der Waals surface area contributed by atoms with E-state index in [9.17, 15) is 0 Å². The molecule has 1 aliphatic rings. The molecule has 0 amide bonds. The van der Waals surface area contributed by atoms with Gasteiger partial charge in [0.25, 0.3) is 0 Å². The van der Waals surface area contributed by atoms with Crippen LogP contribution in [-0.4, -0.2) is 17.3 Å². The molecule has 0 spiro atoms. The van der Waals surface area contributed by atoms with Crippen molar-refractivity contribution in [2.45, 2.75) is 0 Å². The standard InChI is InChI=1S/C14H11BrCl2N/c15-12(10-18-6-2-1-3-7-18)8-11-4-5-13(16)9-14(11)17/h1-6,8-10H,7H2/q+1. The molecule has 2 rings (SSSR count). The lowest BCUT2D eigenvalue weighted by Crippen LogP contribution is -2.07. The first-order chi connectivity index (χ1) is 8.65. The number of hydrogen-bond donors (Lipinski definition) is 0. The molecule has 0 fully saturated rings. The molecule has 0 N–H and O–H groups in total. The maximum absolute atomic E-state index is 6.11. The summed E-state index contributed by atoms with van der Waals surface area (Å²) in [4.78, 5) is 0. The van der Waals surface area contributed by atoms with E-state index in [0.29, 0.717) is 10.0 Å². The first-order valence-corrected chi connectivity index (χ1v) is 6.96. The highest BCUT2D eigenvalue weighted by Crippen LogP contribution is 2.23. The third kappa shape index (κ3) is 3.84. The van der Waals surface area contributed by atoms with Gasteiger partial charge in [-0.3, -0.25) is 0 Å². The Morgan fingerprint density at radius 1 is 1.28 bits per heavy atom. The van der Waals surface area contributed by atoms with Crippen LogP contribution in [0.4, 0.5) is 0 Å². The van der Waals surface area contributed by atoms with Gasteiger partial charge < -0.3 is 0 Å². The zero-order valence-corrected chi connectivity index (χ0v) is 12.6. The molecule has 0 aliphatic carbocycles. The molecular weight excluding hydrogens is 333 g/mol. The monoisotopic (exact) mass is 342 g/mol. The molecule has 1 nitrogen and oxygen atoms in total. The second-order valence-corrected chi connectivity index (χ2v) is 5.55. The number of rotatable bonds is 2. The number of allylic oxidation sites excluding steroid dienone is 3. The van der Waals surface area contributed by atoms with Gasteiger partial charge in [0.2, 0.25) is 0 Å². The maximum Gasteiger partial charge on any atom is 0.183 e. The van der Waals surface area contributed by atoms with Gasteiger partial charge in [-0.1, -0.05) is 35.3 Å². The van der Waals surface area contributed by atoms with Gasteiger partial charge in [0.05, 0.1) is 4.48 Å². The molecule has 0 bridgehead atoms. The number of benzene rings is 1. The van der Waals surface area contributed by atoms with Gasteiger partial charge in [-0.2, -0.15) is 0 Å². The van der Waals surface area contributed by atoms with E-state index >= 15 is 0 Å². The van der Waals surface area contributed by atoms with Crippen LogP contribution in [0.1, 0.15) is 5.56 Å². The smallest absolute Gasteiger partial charge is 0.183 e. The van der Waals surface area contributed by atoms with Crippen molar-refractivity contribution in [3.63, 3.8) is 0 Å². The fourth-order valence-electron chi connectivity index (χ4n) is 1.54. The Morgan fingerprint density at radius 3 is 2.78 bits per heavy atom. The lowest BCUT2D eigenvalue weighted by Gasteiger charge is -2.00. The molecule has 1 aromatic rings. The summed E-state index contributed by atoms with van der Waals surface area (Å²) < 4.78 is 3.02. The fourth-order valence-corrected chi connectivity index (χ4v) is 2.51. The van der Waals surface area contributed by atoms with Gasteiger partial charge in [-0.05, 0) is 45.8 Å². The van der Waals surface area contributed by atoms with Crippen molar-refractivity contribution in [3.05, 3.63) is 62.7 Å². The second-order valence-electron chi connectivity index (χ2n) is 3.79. The zero-order chi connectivity index (χ0) is 13.0. The molecule has 0 saturated carbocycles. The van der Waals surface area contributed by atoms with E-state index < -0.39 is 0 Å². The number of halogens is 3. The van der Waals surface area contributed by atoms with E-state index in [1.165, 1.54) is 0 Å². The number of nitrogens with zero attached hydrogens (tertiary/aromatic N) is 1. The van der Waals surface area contributed by atoms with Crippen LogP contribution >= 0.6 is 39.1 Å². The van der Waals surface area contributed by atoms with E-state index in [-0.39, 0.29) is 0 Å². The van der Waals surface area contributed by atoms with E-state index in [0.717, 1.165) is 16.6 Å². The Hall–Kier alpha value is -0.830. The molecule has 92 valence electrons. The van der Waals surface area contributed by atoms with Crippen molar-refractivity contribution in [1.82, 2.24) is 0 Å². The summed E-state index contributed by atoms with van der Waals surface area (Å²) in [6, 6.07) is 5.45. The van der Waals surface area contributed by atoms with Gasteiger partial charge in [0, 0.05) is 16.1 Å². The normalized spacial score (nSPS) is 17.5. The predicted molar refractivity (Wildman–Crippen MR) is 82.8 cm³/mol. The van der Waals surface area contributed by atoms with E-state index in [1.807, 2.05) is 42.8 Å². The minimum Gasteiger partial charge on any atom is -0.200 e. The predicted octanol–water partition coefficient (Wildman–Crippen LogP) is 4.90.